The van der Waals surface area contributed by atoms with E-state index in [0.717, 1.165) is 0 Å². The molecule has 3 aromatic heterocycles. The zero-order valence-corrected chi connectivity index (χ0v) is 15.4. The second kappa shape index (κ2) is 6.79. The Morgan fingerprint density at radius 2 is 0.567 bits per heavy atom. The van der Waals surface area contributed by atoms with E-state index < -0.39 is 105 Å². The Kier molecular flexibility index (Phi) is 4.49. The fraction of sp³-hybridized carbons (Fsp3) is 0.333. The molecule has 30 heavy (non-hydrogen) atoms. The van der Waals surface area contributed by atoms with Gasteiger partial charge in [0.15, 0.2) is 0 Å². The summed E-state index contributed by atoms with van der Waals surface area (Å²) in [5.41, 5.74) is -5.86. The van der Waals surface area contributed by atoms with Crippen molar-refractivity contribution in [3.63, 3.8) is 0 Å². The minimum Gasteiger partial charge on any atom is -0.395 e. The molecule has 0 radical (unpaired) electrons. The van der Waals surface area contributed by atoms with Crippen LogP contribution in [0.2, 0.25) is 0 Å². The van der Waals surface area contributed by atoms with Gasteiger partial charge in [0.2, 0.25) is 0 Å². The van der Waals surface area contributed by atoms with Crippen molar-refractivity contribution < 1.29 is 15.3 Å². The minimum atomic E-state index is -0.976. The minimum absolute atomic E-state index is 0.416. The molecule has 0 unspecified atom stereocenters. The van der Waals surface area contributed by atoms with Gasteiger partial charge in [0.05, 0.1) is 71.8 Å². The van der Waals surface area contributed by atoms with Crippen LogP contribution < -0.4 is 33.4 Å². The third kappa shape index (κ3) is 2.26. The predicted octanol–water partition coefficient (Wildman–Crippen LogP) is -4.00. The van der Waals surface area contributed by atoms with E-state index in [2.05, 4.69) is 0 Å². The number of fused-ring (bicyclic) bond motifs is 6. The quantitative estimate of drug-likeness (QED) is 0.282. The van der Waals surface area contributed by atoms with Crippen molar-refractivity contribution in [3.8, 4) is 0 Å². The first-order valence-electron chi connectivity index (χ1n) is 8.96. The molecule has 0 fully saturated rings. The summed E-state index contributed by atoms with van der Waals surface area (Å²) >= 11 is 0. The van der Waals surface area contributed by atoms with E-state index in [1.165, 1.54) is 0 Å². The van der Waals surface area contributed by atoms with Crippen molar-refractivity contribution >= 4 is 32.3 Å². The van der Waals surface area contributed by atoms with Gasteiger partial charge in [-0.05, 0) is 0 Å². The Bertz CT molecular complexity index is 1310. The largest absolute Gasteiger partial charge is 0.395 e. The van der Waals surface area contributed by atoms with Crippen molar-refractivity contribution in [3.05, 3.63) is 62.1 Å². The van der Waals surface area contributed by atoms with E-state index in [9.17, 15) is 44.1 Å². The predicted molar refractivity (Wildman–Crippen MR) is 105 cm³/mol. The molecule has 0 saturated heterocycles. The van der Waals surface area contributed by atoms with Crippen LogP contribution >= 0.6 is 0 Å². The van der Waals surface area contributed by atoms with Crippen molar-refractivity contribution in [2.24, 2.45) is 0 Å². The monoisotopic (exact) mass is 417 g/mol. The Balaban J connectivity index is 2.49. The van der Waals surface area contributed by atoms with E-state index in [4.69, 9.17) is 0 Å². The molecule has 3 N–H and O–H groups in total. The highest BCUT2D eigenvalue weighted by Crippen LogP contribution is 2.25. The molecule has 0 spiro atoms. The topological polar surface area (TPSA) is 178 Å². The molecule has 4 aromatic rings. The summed E-state index contributed by atoms with van der Waals surface area (Å²) in [6, 6.07) is 0. The average molecular weight is 417 g/mol. The lowest BCUT2D eigenvalue weighted by Gasteiger charge is -1.93. The van der Waals surface area contributed by atoms with Crippen molar-refractivity contribution in [2.75, 3.05) is 19.8 Å². The summed E-state index contributed by atoms with van der Waals surface area (Å²) < 4.78 is 1.89. The van der Waals surface area contributed by atoms with E-state index in [1.807, 2.05) is 0 Å². The number of rotatable bonds is 6. The average Bonchev–Trinajstić information content (AvgIpc) is 3.21. The van der Waals surface area contributed by atoms with Crippen LogP contribution in [0.25, 0.3) is 32.3 Å². The van der Waals surface area contributed by atoms with Gasteiger partial charge in [-0.25, -0.2) is 0 Å². The zero-order valence-electron chi connectivity index (χ0n) is 15.4. The fourth-order valence-electron chi connectivity index (χ4n) is 4.03. The number of benzene rings is 1. The number of aliphatic hydroxyl groups excluding tert-OH is 3. The maximum absolute atomic E-state index is 12.9. The lowest BCUT2D eigenvalue weighted by atomic mass is 10.0. The summed E-state index contributed by atoms with van der Waals surface area (Å²) in [5, 5.41) is 24.7. The summed E-state index contributed by atoms with van der Waals surface area (Å²) in [6.07, 6.45) is 0. The summed E-state index contributed by atoms with van der Waals surface area (Å²) in [7, 11) is 0. The molecular weight excluding hydrogens is 402 g/mol. The van der Waals surface area contributed by atoms with Gasteiger partial charge in [-0.2, -0.15) is 0 Å². The fourth-order valence-corrected chi connectivity index (χ4v) is 4.03. The highest BCUT2D eigenvalue weighted by atomic mass is 16.3. The molecule has 12 nitrogen and oxygen atoms in total. The Morgan fingerprint density at radius 3 is 0.700 bits per heavy atom. The lowest BCUT2D eigenvalue weighted by molar-refractivity contribution is 0.273. The van der Waals surface area contributed by atoms with Crippen LogP contribution in [-0.2, 0) is 19.6 Å². The standard InChI is InChI=1S/C18H15N3O9/c22-4-1-19-13(25)7-8(14(19)26)10-12(18(30)21(3-6-24)16(10)28)11-9(7)15(27)20(2-5-23)17(11)29/h22-24H,1-6H2. The van der Waals surface area contributed by atoms with E-state index >= 15 is 0 Å². The molecule has 4 rings (SSSR count). The van der Waals surface area contributed by atoms with Crippen LogP contribution in [0.4, 0.5) is 0 Å². The molecule has 0 saturated carbocycles. The molecule has 0 aliphatic carbocycles. The molecule has 0 amide bonds. The molecule has 0 aliphatic rings. The van der Waals surface area contributed by atoms with Gasteiger partial charge in [-0.1, -0.05) is 0 Å². The van der Waals surface area contributed by atoms with Crippen LogP contribution in [-0.4, -0.2) is 48.8 Å². The maximum Gasteiger partial charge on any atom is 0.262 e. The molecule has 1 aromatic carbocycles. The first-order valence-corrected chi connectivity index (χ1v) is 8.96. The molecule has 12 heteroatoms. The highest BCUT2D eigenvalue weighted by Gasteiger charge is 2.30. The van der Waals surface area contributed by atoms with Gasteiger partial charge in [0, 0.05) is 0 Å². The smallest absolute Gasteiger partial charge is 0.262 e. The molecule has 3 heterocycles. The Morgan fingerprint density at radius 1 is 0.400 bits per heavy atom. The van der Waals surface area contributed by atoms with Crippen LogP contribution in [0.1, 0.15) is 0 Å². The van der Waals surface area contributed by atoms with Crippen molar-refractivity contribution in [1.82, 2.24) is 13.7 Å². The second-order valence-corrected chi connectivity index (χ2v) is 6.71. The molecule has 0 bridgehead atoms. The first-order chi connectivity index (χ1) is 14.3. The van der Waals surface area contributed by atoms with Crippen molar-refractivity contribution in [1.29, 1.82) is 0 Å². The van der Waals surface area contributed by atoms with E-state index in [1.54, 1.807) is 0 Å². The normalized spacial score (nSPS) is 12.1. The maximum atomic E-state index is 12.9. The van der Waals surface area contributed by atoms with E-state index in [-0.39, 0.29) is 0 Å². The number of aromatic nitrogens is 3. The lowest BCUT2D eigenvalue weighted by Crippen LogP contribution is -2.28. The van der Waals surface area contributed by atoms with Gasteiger partial charge in [-0.15, -0.1) is 0 Å². The number of hydrogen-bond donors (Lipinski definition) is 3. The van der Waals surface area contributed by atoms with Gasteiger partial charge in [0.25, 0.3) is 33.4 Å². The second-order valence-electron chi connectivity index (χ2n) is 6.71. The van der Waals surface area contributed by atoms with Gasteiger partial charge in [0.1, 0.15) is 0 Å². The van der Waals surface area contributed by atoms with Crippen LogP contribution in [0.3, 0.4) is 0 Å². The summed E-state index contributed by atoms with van der Waals surface area (Å²) in [5.74, 6) is 0. The third-order valence-electron chi connectivity index (χ3n) is 5.22. The van der Waals surface area contributed by atoms with Crippen LogP contribution in [0.5, 0.6) is 0 Å². The summed E-state index contributed by atoms with van der Waals surface area (Å²) in [6.45, 7) is -2.99. The third-order valence-corrected chi connectivity index (χ3v) is 5.22. The SMILES string of the molecule is O=c1c2c3c(=O)n(CCO)c(=O)c3c3c(=O)n(CCO)c(=O)c3c2c(=O)n1CCO. The van der Waals surface area contributed by atoms with Crippen molar-refractivity contribution in [2.45, 2.75) is 19.6 Å². The Labute approximate surface area is 163 Å². The highest BCUT2D eigenvalue weighted by molar-refractivity contribution is 6.25. The first kappa shape index (κ1) is 19.8. The number of aliphatic hydroxyl groups is 3. The summed E-state index contributed by atoms with van der Waals surface area (Å²) in [4.78, 5) is 77.3. The van der Waals surface area contributed by atoms with Crippen LogP contribution in [0, 0.1) is 0 Å². The zero-order chi connectivity index (χ0) is 21.9. The molecule has 0 aliphatic heterocycles. The van der Waals surface area contributed by atoms with Gasteiger partial charge in [-0.3, -0.25) is 42.5 Å². The Hall–Kier alpha value is -3.48. The van der Waals surface area contributed by atoms with E-state index in [0.29, 0.717) is 13.7 Å². The number of nitrogens with zero attached hydrogens (tertiary/aromatic N) is 3. The van der Waals surface area contributed by atoms with Gasteiger partial charge >= 0.3 is 0 Å². The molecular formula is C18H15N3O9. The van der Waals surface area contributed by atoms with Crippen LogP contribution in [0.15, 0.2) is 28.8 Å². The number of hydrogen-bond acceptors (Lipinski definition) is 9. The molecule has 156 valence electrons. The molecule has 0 atom stereocenters. The van der Waals surface area contributed by atoms with Gasteiger partial charge < -0.3 is 15.3 Å².